The van der Waals surface area contributed by atoms with Crippen molar-refractivity contribution in [3.63, 3.8) is 0 Å². The predicted octanol–water partition coefficient (Wildman–Crippen LogP) is 5.25. The smallest absolute Gasteiger partial charge is 0.306 e. The van der Waals surface area contributed by atoms with Crippen LogP contribution in [-0.4, -0.2) is 74.3 Å². The summed E-state index contributed by atoms with van der Waals surface area (Å²) in [4.78, 5) is 36.1. The molecular weight excluding hydrogens is 536 g/mol. The van der Waals surface area contributed by atoms with E-state index in [1.54, 1.807) is 21.3 Å². The molecule has 1 saturated carbocycles. The van der Waals surface area contributed by atoms with Gasteiger partial charge in [0.15, 0.2) is 12.1 Å². The number of nitrogens with one attached hydrogen (secondary N) is 1. The minimum absolute atomic E-state index is 0.0308. The number of ether oxygens (including phenoxy) is 5. The number of aromatic nitrogens is 2. The molecule has 1 aliphatic heterocycles. The summed E-state index contributed by atoms with van der Waals surface area (Å²) in [6.07, 6.45) is 8.34. The van der Waals surface area contributed by atoms with Crippen molar-refractivity contribution in [1.82, 2.24) is 9.97 Å². The van der Waals surface area contributed by atoms with Gasteiger partial charge in [0.2, 0.25) is 0 Å². The molecule has 0 radical (unpaired) electrons. The number of aryl methyl sites for hydroxylation is 1. The number of Topliss-reactive ketones (excluding diaryl/α,β-unsaturated/α-hetero) is 1. The quantitative estimate of drug-likeness (QED) is 0.309. The Labute approximate surface area is 250 Å². The third-order valence-corrected chi connectivity index (χ3v) is 10.3. The predicted molar refractivity (Wildman–Crippen MR) is 157 cm³/mol. The van der Waals surface area contributed by atoms with Crippen molar-refractivity contribution in [2.24, 2.45) is 23.7 Å². The standard InChI is InChI=1S/C33H50N2O7/c1-7-19-12-10-9-11-18(3)32(37)25-15-22-21-13-20(42-33(40-6)26(39-5)17-38-4)14-24(21)30-31(35-27(8-2)34-30)29(22)23(25)16-28(36)41-19/h15,18-24,26,29,33H,7-14,16-17H2,1-6H3,(H,34,35)/t18-,19+,20+,21+,22?,23-,24?,26+,29?,33?/m1/s1. The third kappa shape index (κ3) is 6.12. The summed E-state index contributed by atoms with van der Waals surface area (Å²) < 4.78 is 29.2. The fraction of sp³-hybridized carbons (Fsp3) is 0.788. The molecule has 3 aliphatic carbocycles. The van der Waals surface area contributed by atoms with Crippen LogP contribution in [0.1, 0.15) is 101 Å². The summed E-state index contributed by atoms with van der Waals surface area (Å²) in [7, 11) is 4.91. The minimum atomic E-state index is -0.552. The van der Waals surface area contributed by atoms with E-state index in [1.807, 2.05) is 0 Å². The average molecular weight is 587 g/mol. The summed E-state index contributed by atoms with van der Waals surface area (Å²) in [5, 5.41) is 0. The molecule has 4 aliphatic rings. The molecule has 1 N–H and O–H groups in total. The Morgan fingerprint density at radius 3 is 2.55 bits per heavy atom. The number of hydrogen-bond acceptors (Lipinski definition) is 8. The maximum atomic E-state index is 14.0. The van der Waals surface area contributed by atoms with Gasteiger partial charge in [-0.2, -0.15) is 0 Å². The van der Waals surface area contributed by atoms with Crippen molar-refractivity contribution in [2.75, 3.05) is 27.9 Å². The van der Waals surface area contributed by atoms with E-state index in [1.165, 1.54) is 0 Å². The van der Waals surface area contributed by atoms with Gasteiger partial charge in [0.25, 0.3) is 0 Å². The normalized spacial score (nSPS) is 34.7. The monoisotopic (exact) mass is 586 g/mol. The highest BCUT2D eigenvalue weighted by Crippen LogP contribution is 2.61. The zero-order valence-electron chi connectivity index (χ0n) is 26.2. The van der Waals surface area contributed by atoms with Gasteiger partial charge in [0.1, 0.15) is 18.0 Å². The number of imidazole rings is 1. The van der Waals surface area contributed by atoms with Gasteiger partial charge in [-0.05, 0) is 55.9 Å². The molecule has 10 atom stereocenters. The molecule has 2 heterocycles. The molecule has 1 aromatic heterocycles. The highest BCUT2D eigenvalue weighted by molar-refractivity contribution is 5.99. The Morgan fingerprint density at radius 2 is 1.86 bits per heavy atom. The zero-order valence-corrected chi connectivity index (χ0v) is 26.2. The van der Waals surface area contributed by atoms with Gasteiger partial charge in [-0.1, -0.05) is 33.3 Å². The van der Waals surface area contributed by atoms with Crippen LogP contribution in [0, 0.1) is 23.7 Å². The number of cyclic esters (lactones) is 1. The number of esters is 1. The number of rotatable bonds is 9. The highest BCUT2D eigenvalue weighted by atomic mass is 16.7. The second-order valence-electron chi connectivity index (χ2n) is 12.8. The number of methoxy groups -OCH3 is 3. The molecule has 0 bridgehead atoms. The molecular formula is C33H50N2O7. The Balaban J connectivity index is 1.49. The highest BCUT2D eigenvalue weighted by Gasteiger charge is 2.55. The largest absolute Gasteiger partial charge is 0.462 e. The van der Waals surface area contributed by atoms with Crippen molar-refractivity contribution in [3.05, 3.63) is 28.9 Å². The van der Waals surface area contributed by atoms with E-state index in [0.29, 0.717) is 6.61 Å². The molecule has 1 aromatic rings. The molecule has 42 heavy (non-hydrogen) atoms. The molecule has 2 fully saturated rings. The first-order chi connectivity index (χ1) is 20.3. The summed E-state index contributed by atoms with van der Waals surface area (Å²) >= 11 is 0. The van der Waals surface area contributed by atoms with Crippen molar-refractivity contribution < 1.29 is 33.3 Å². The van der Waals surface area contributed by atoms with Crippen LogP contribution in [0.5, 0.6) is 0 Å². The van der Waals surface area contributed by atoms with E-state index in [2.05, 4.69) is 31.8 Å². The van der Waals surface area contributed by atoms with Gasteiger partial charge in [-0.3, -0.25) is 9.59 Å². The number of hydrogen-bond donors (Lipinski definition) is 1. The summed E-state index contributed by atoms with van der Waals surface area (Å²) in [6, 6.07) is 0. The van der Waals surface area contributed by atoms with Crippen molar-refractivity contribution in [1.29, 1.82) is 0 Å². The maximum absolute atomic E-state index is 14.0. The summed E-state index contributed by atoms with van der Waals surface area (Å²) in [5.74, 6) is 1.21. The second-order valence-corrected chi connectivity index (χ2v) is 12.8. The molecule has 9 nitrogen and oxygen atoms in total. The van der Waals surface area contributed by atoms with E-state index in [9.17, 15) is 9.59 Å². The fourth-order valence-corrected chi connectivity index (χ4v) is 8.11. The molecule has 0 aromatic carbocycles. The molecule has 4 unspecified atom stereocenters. The van der Waals surface area contributed by atoms with E-state index in [4.69, 9.17) is 28.7 Å². The van der Waals surface area contributed by atoms with E-state index < -0.39 is 6.29 Å². The molecule has 0 spiro atoms. The van der Waals surface area contributed by atoms with Crippen LogP contribution in [0.4, 0.5) is 0 Å². The lowest BCUT2D eigenvalue weighted by Gasteiger charge is -2.37. The van der Waals surface area contributed by atoms with Gasteiger partial charge in [-0.25, -0.2) is 4.98 Å². The Kier molecular flexibility index (Phi) is 10.2. The van der Waals surface area contributed by atoms with Gasteiger partial charge >= 0.3 is 5.97 Å². The van der Waals surface area contributed by atoms with Crippen LogP contribution in [0.25, 0.3) is 0 Å². The number of fused-ring (bicyclic) bond motifs is 8. The van der Waals surface area contributed by atoms with E-state index >= 15 is 0 Å². The number of carbonyl (C=O) groups is 2. The lowest BCUT2D eigenvalue weighted by atomic mass is 9.67. The van der Waals surface area contributed by atoms with Crippen molar-refractivity contribution in [2.45, 2.75) is 115 Å². The van der Waals surface area contributed by atoms with Crippen LogP contribution >= 0.6 is 0 Å². The summed E-state index contributed by atoms with van der Waals surface area (Å²) in [5.41, 5.74) is 2.99. The molecule has 0 amide bonds. The fourth-order valence-electron chi connectivity index (χ4n) is 8.11. The van der Waals surface area contributed by atoms with Gasteiger partial charge in [-0.15, -0.1) is 0 Å². The molecule has 5 rings (SSSR count). The first-order valence-electron chi connectivity index (χ1n) is 16.1. The SMILES string of the molecule is CCc1nc2c([nH]1)C1C[C@@H](OC(OC)[C@H](COC)OC)C[C@H]1C1C=C3C(=O)[C@H](C)CCCC[C@H](CC)OC(=O)C[C@H]3C21. The lowest BCUT2D eigenvalue weighted by molar-refractivity contribution is -0.218. The topological polar surface area (TPSA) is 109 Å². The zero-order chi connectivity index (χ0) is 30.0. The Bertz CT molecular complexity index is 1130. The number of aromatic amines is 1. The van der Waals surface area contributed by atoms with E-state index in [-0.39, 0.29) is 72.0 Å². The van der Waals surface area contributed by atoms with E-state index in [0.717, 1.165) is 74.2 Å². The number of H-pyrrole nitrogens is 1. The first kappa shape index (κ1) is 31.4. The van der Waals surface area contributed by atoms with Gasteiger partial charge in [0, 0.05) is 57.1 Å². The molecule has 9 heteroatoms. The average Bonchev–Trinajstić information content (AvgIpc) is 3.70. The Morgan fingerprint density at radius 1 is 1.07 bits per heavy atom. The summed E-state index contributed by atoms with van der Waals surface area (Å²) in [6.45, 7) is 6.60. The number of nitrogens with zero attached hydrogens (tertiary/aromatic N) is 1. The van der Waals surface area contributed by atoms with Crippen molar-refractivity contribution in [3.8, 4) is 0 Å². The van der Waals surface area contributed by atoms with Gasteiger partial charge in [0.05, 0.1) is 24.8 Å². The minimum Gasteiger partial charge on any atom is -0.462 e. The van der Waals surface area contributed by atoms with Crippen LogP contribution in [0.2, 0.25) is 0 Å². The second kappa shape index (κ2) is 13.7. The van der Waals surface area contributed by atoms with Gasteiger partial charge < -0.3 is 28.7 Å². The maximum Gasteiger partial charge on any atom is 0.306 e. The number of allylic oxidation sites excluding steroid dienone is 2. The van der Waals surface area contributed by atoms with Crippen LogP contribution in [0.3, 0.4) is 0 Å². The molecule has 234 valence electrons. The molecule has 1 saturated heterocycles. The third-order valence-electron chi connectivity index (χ3n) is 10.3. The number of ketones is 1. The van der Waals surface area contributed by atoms with Crippen molar-refractivity contribution >= 4 is 11.8 Å². The number of carbonyl (C=O) groups excluding carboxylic acids is 2. The lowest BCUT2D eigenvalue weighted by Crippen LogP contribution is -2.38. The first-order valence-corrected chi connectivity index (χ1v) is 16.1. The van der Waals surface area contributed by atoms with Crippen LogP contribution < -0.4 is 0 Å². The van der Waals surface area contributed by atoms with Crippen LogP contribution in [0.15, 0.2) is 11.6 Å². The Hall–Kier alpha value is -2.07. The van der Waals surface area contributed by atoms with Crippen LogP contribution in [-0.2, 0) is 39.7 Å².